The van der Waals surface area contributed by atoms with Gasteiger partial charge in [-0.25, -0.2) is 0 Å². The summed E-state index contributed by atoms with van der Waals surface area (Å²) in [5.41, 5.74) is 1.73. The summed E-state index contributed by atoms with van der Waals surface area (Å²) in [7, 11) is 0. The molecule has 0 aromatic rings. The second kappa shape index (κ2) is 4.59. The van der Waals surface area contributed by atoms with E-state index in [9.17, 15) is 4.79 Å². The number of rotatable bonds is 2. The molecule has 0 aliphatic heterocycles. The molecule has 1 rings (SSSR count). The van der Waals surface area contributed by atoms with Gasteiger partial charge in [0.15, 0.2) is 0 Å². The van der Waals surface area contributed by atoms with Crippen molar-refractivity contribution < 1.29 is 4.79 Å². The first-order valence-corrected chi connectivity index (χ1v) is 5.35. The molecule has 0 heterocycles. The van der Waals surface area contributed by atoms with E-state index in [1.165, 1.54) is 12.0 Å². The third-order valence-corrected chi connectivity index (χ3v) is 3.06. The van der Waals surface area contributed by atoms with Crippen LogP contribution >= 0.6 is 0 Å². The van der Waals surface area contributed by atoms with Gasteiger partial charge in [-0.05, 0) is 36.7 Å². The summed E-state index contributed by atoms with van der Waals surface area (Å²) in [6, 6.07) is 0. The summed E-state index contributed by atoms with van der Waals surface area (Å²) in [6.45, 7) is 6.91. The Labute approximate surface area is 86.9 Å². The van der Waals surface area contributed by atoms with Gasteiger partial charge in [0.1, 0.15) is 6.29 Å². The topological polar surface area (TPSA) is 17.1 Å². The highest BCUT2D eigenvalue weighted by atomic mass is 16.1. The first kappa shape index (κ1) is 11.2. The third kappa shape index (κ3) is 3.13. The highest BCUT2D eigenvalue weighted by Crippen LogP contribution is 2.37. The first-order valence-electron chi connectivity index (χ1n) is 5.35. The van der Waals surface area contributed by atoms with Crippen molar-refractivity contribution in [3.8, 4) is 0 Å². The van der Waals surface area contributed by atoms with E-state index < -0.39 is 0 Å². The Hall–Kier alpha value is -0.850. The Balaban J connectivity index is 2.55. The predicted octanol–water partition coefficient (Wildman–Crippen LogP) is 3.51. The standard InChI is InChI=1S/C13H20O/c1-13(2,3)12-8-6-11(7-9-12)5-4-10-14/h4-6,10,12H,7-9H2,1-3H3/b5-4+. The molecule has 1 heteroatoms. The van der Waals surface area contributed by atoms with Gasteiger partial charge in [0, 0.05) is 0 Å². The molecule has 1 atom stereocenters. The highest BCUT2D eigenvalue weighted by molar-refractivity contribution is 5.65. The molecule has 0 N–H and O–H groups in total. The van der Waals surface area contributed by atoms with Crippen molar-refractivity contribution in [1.82, 2.24) is 0 Å². The van der Waals surface area contributed by atoms with Gasteiger partial charge in [-0.1, -0.05) is 38.5 Å². The molecule has 0 fully saturated rings. The fourth-order valence-corrected chi connectivity index (χ4v) is 1.96. The molecule has 14 heavy (non-hydrogen) atoms. The number of carbonyl (C=O) groups is 1. The number of allylic oxidation sites excluding steroid dienone is 4. The van der Waals surface area contributed by atoms with E-state index in [0.717, 1.165) is 25.0 Å². The molecule has 0 bridgehead atoms. The summed E-state index contributed by atoms with van der Waals surface area (Å²) in [4.78, 5) is 10.2. The fraction of sp³-hybridized carbons (Fsp3) is 0.615. The van der Waals surface area contributed by atoms with Gasteiger partial charge in [0.05, 0.1) is 0 Å². The van der Waals surface area contributed by atoms with Crippen LogP contribution in [0.5, 0.6) is 0 Å². The molecular formula is C13H20O. The number of carbonyl (C=O) groups excluding carboxylic acids is 1. The van der Waals surface area contributed by atoms with Crippen LogP contribution in [0.15, 0.2) is 23.8 Å². The molecule has 0 saturated carbocycles. The van der Waals surface area contributed by atoms with Gasteiger partial charge in [-0.3, -0.25) is 4.79 Å². The van der Waals surface area contributed by atoms with Gasteiger partial charge >= 0.3 is 0 Å². The molecule has 1 aliphatic rings. The molecular weight excluding hydrogens is 172 g/mol. The molecule has 0 saturated heterocycles. The normalized spacial score (nSPS) is 23.6. The van der Waals surface area contributed by atoms with E-state index >= 15 is 0 Å². The molecule has 0 aromatic heterocycles. The second-order valence-corrected chi connectivity index (χ2v) is 5.11. The zero-order chi connectivity index (χ0) is 10.6. The van der Waals surface area contributed by atoms with Crippen LogP contribution in [0, 0.1) is 11.3 Å². The average molecular weight is 192 g/mol. The molecule has 1 unspecified atom stereocenters. The molecule has 0 amide bonds. The van der Waals surface area contributed by atoms with Crippen LogP contribution in [-0.4, -0.2) is 6.29 Å². The molecule has 1 nitrogen and oxygen atoms in total. The maximum atomic E-state index is 10.2. The van der Waals surface area contributed by atoms with Gasteiger partial charge in [0.2, 0.25) is 0 Å². The van der Waals surface area contributed by atoms with E-state index in [2.05, 4.69) is 26.8 Å². The smallest absolute Gasteiger partial charge is 0.142 e. The number of hydrogen-bond donors (Lipinski definition) is 0. The van der Waals surface area contributed by atoms with E-state index in [0.29, 0.717) is 5.41 Å². The summed E-state index contributed by atoms with van der Waals surface area (Å²) < 4.78 is 0. The lowest BCUT2D eigenvalue weighted by molar-refractivity contribution is -0.104. The number of aldehydes is 1. The predicted molar refractivity (Wildman–Crippen MR) is 60.1 cm³/mol. The summed E-state index contributed by atoms with van der Waals surface area (Å²) >= 11 is 0. The third-order valence-electron chi connectivity index (χ3n) is 3.06. The molecule has 0 spiro atoms. The van der Waals surface area contributed by atoms with Gasteiger partial charge in [0.25, 0.3) is 0 Å². The van der Waals surface area contributed by atoms with E-state index in [-0.39, 0.29) is 0 Å². The van der Waals surface area contributed by atoms with Gasteiger partial charge in [-0.2, -0.15) is 0 Å². The quantitative estimate of drug-likeness (QED) is 0.483. The summed E-state index contributed by atoms with van der Waals surface area (Å²) in [5.74, 6) is 0.788. The highest BCUT2D eigenvalue weighted by Gasteiger charge is 2.25. The maximum absolute atomic E-state index is 10.2. The maximum Gasteiger partial charge on any atom is 0.142 e. The lowest BCUT2D eigenvalue weighted by Crippen LogP contribution is -2.21. The average Bonchev–Trinajstić information content (AvgIpc) is 2.14. The SMILES string of the molecule is CC(C)(C)C1CC=C(/C=C/C=O)CC1. The van der Waals surface area contributed by atoms with Crippen molar-refractivity contribution in [1.29, 1.82) is 0 Å². The van der Waals surface area contributed by atoms with Gasteiger partial charge < -0.3 is 0 Å². The second-order valence-electron chi connectivity index (χ2n) is 5.11. The van der Waals surface area contributed by atoms with E-state index in [1.54, 1.807) is 6.08 Å². The zero-order valence-corrected chi connectivity index (χ0v) is 9.42. The van der Waals surface area contributed by atoms with Crippen LogP contribution in [0.2, 0.25) is 0 Å². The van der Waals surface area contributed by atoms with Crippen molar-refractivity contribution in [2.24, 2.45) is 11.3 Å². The minimum Gasteiger partial charge on any atom is -0.299 e. The van der Waals surface area contributed by atoms with Crippen LogP contribution in [0.4, 0.5) is 0 Å². The lowest BCUT2D eigenvalue weighted by Gasteiger charge is -2.32. The van der Waals surface area contributed by atoms with Crippen molar-refractivity contribution in [2.45, 2.75) is 40.0 Å². The minimum atomic E-state index is 0.413. The zero-order valence-electron chi connectivity index (χ0n) is 9.42. The largest absolute Gasteiger partial charge is 0.299 e. The molecule has 0 radical (unpaired) electrons. The van der Waals surface area contributed by atoms with Crippen molar-refractivity contribution in [3.63, 3.8) is 0 Å². The molecule has 0 aromatic carbocycles. The Bertz CT molecular complexity index is 253. The van der Waals surface area contributed by atoms with Crippen LogP contribution in [-0.2, 0) is 4.79 Å². The van der Waals surface area contributed by atoms with Crippen LogP contribution in [0.3, 0.4) is 0 Å². The fourth-order valence-electron chi connectivity index (χ4n) is 1.96. The van der Waals surface area contributed by atoms with Crippen molar-refractivity contribution in [3.05, 3.63) is 23.8 Å². The van der Waals surface area contributed by atoms with E-state index in [4.69, 9.17) is 0 Å². The van der Waals surface area contributed by atoms with Crippen LogP contribution in [0.1, 0.15) is 40.0 Å². The van der Waals surface area contributed by atoms with Crippen LogP contribution in [0.25, 0.3) is 0 Å². The Morgan fingerprint density at radius 2 is 2.14 bits per heavy atom. The Morgan fingerprint density at radius 3 is 2.57 bits per heavy atom. The molecule has 1 aliphatic carbocycles. The minimum absolute atomic E-state index is 0.413. The van der Waals surface area contributed by atoms with E-state index in [1.807, 2.05) is 6.08 Å². The number of hydrogen-bond acceptors (Lipinski definition) is 1. The summed E-state index contributed by atoms with van der Waals surface area (Å²) in [5, 5.41) is 0. The van der Waals surface area contributed by atoms with Gasteiger partial charge in [-0.15, -0.1) is 0 Å². The monoisotopic (exact) mass is 192 g/mol. The lowest BCUT2D eigenvalue weighted by atomic mass is 9.73. The molecule has 78 valence electrons. The summed E-state index contributed by atoms with van der Waals surface area (Å²) in [6.07, 6.45) is 10.2. The van der Waals surface area contributed by atoms with Crippen molar-refractivity contribution in [2.75, 3.05) is 0 Å². The Morgan fingerprint density at radius 1 is 1.43 bits per heavy atom. The van der Waals surface area contributed by atoms with Crippen LogP contribution < -0.4 is 0 Å². The van der Waals surface area contributed by atoms with Crippen molar-refractivity contribution >= 4 is 6.29 Å². The Kier molecular flexibility index (Phi) is 3.68. The first-order chi connectivity index (χ1) is 6.54.